The summed E-state index contributed by atoms with van der Waals surface area (Å²) < 4.78 is 0. The van der Waals surface area contributed by atoms with Crippen LogP contribution in [-0.2, 0) is 0 Å². The Balaban J connectivity index is 1.72. The first-order valence-corrected chi connectivity index (χ1v) is 8.09. The number of nitrogens with one attached hydrogen (secondary N) is 2. The van der Waals surface area contributed by atoms with Crippen molar-refractivity contribution < 1.29 is 0 Å². The van der Waals surface area contributed by atoms with Gasteiger partial charge in [0.15, 0.2) is 5.96 Å². The van der Waals surface area contributed by atoms with E-state index < -0.39 is 0 Å². The standard InChI is InChI=1S/C16H31N5/c1-16(2,3)19-9-8-18-15(17-4)21-12-7-14(13-21)20-10-5-6-11-20/h5-6,14,19H,7-13H2,1-4H3,(H,17,18). The highest BCUT2D eigenvalue weighted by atomic mass is 15.3. The van der Waals surface area contributed by atoms with Crippen molar-refractivity contribution in [3.8, 4) is 0 Å². The van der Waals surface area contributed by atoms with E-state index in [1.807, 2.05) is 7.05 Å². The van der Waals surface area contributed by atoms with Gasteiger partial charge < -0.3 is 15.5 Å². The van der Waals surface area contributed by atoms with Gasteiger partial charge in [-0.3, -0.25) is 9.89 Å². The second-order valence-corrected chi connectivity index (χ2v) is 6.96. The molecule has 1 atom stereocenters. The molecule has 5 nitrogen and oxygen atoms in total. The van der Waals surface area contributed by atoms with Gasteiger partial charge in [0.25, 0.3) is 0 Å². The van der Waals surface area contributed by atoms with Crippen LogP contribution in [0.2, 0.25) is 0 Å². The maximum absolute atomic E-state index is 4.43. The van der Waals surface area contributed by atoms with Crippen LogP contribution in [-0.4, -0.2) is 73.7 Å². The van der Waals surface area contributed by atoms with Crippen molar-refractivity contribution in [2.24, 2.45) is 4.99 Å². The molecule has 120 valence electrons. The van der Waals surface area contributed by atoms with Crippen LogP contribution in [0.1, 0.15) is 27.2 Å². The normalized spacial score (nSPS) is 24.1. The lowest BCUT2D eigenvalue weighted by molar-refractivity contribution is 0.259. The van der Waals surface area contributed by atoms with E-state index in [4.69, 9.17) is 0 Å². The van der Waals surface area contributed by atoms with Crippen LogP contribution in [0.4, 0.5) is 0 Å². The largest absolute Gasteiger partial charge is 0.355 e. The molecule has 0 bridgehead atoms. The summed E-state index contributed by atoms with van der Waals surface area (Å²) >= 11 is 0. The van der Waals surface area contributed by atoms with E-state index in [1.54, 1.807) is 0 Å². The van der Waals surface area contributed by atoms with Crippen LogP contribution in [0.5, 0.6) is 0 Å². The Bertz CT molecular complexity index is 375. The summed E-state index contributed by atoms with van der Waals surface area (Å²) in [7, 11) is 1.88. The van der Waals surface area contributed by atoms with Crippen molar-refractivity contribution in [3.05, 3.63) is 12.2 Å². The van der Waals surface area contributed by atoms with Crippen molar-refractivity contribution in [2.45, 2.75) is 38.8 Å². The Morgan fingerprint density at radius 3 is 2.57 bits per heavy atom. The predicted molar refractivity (Wildman–Crippen MR) is 89.8 cm³/mol. The minimum Gasteiger partial charge on any atom is -0.355 e. The summed E-state index contributed by atoms with van der Waals surface area (Å²) in [4.78, 5) is 9.37. The lowest BCUT2D eigenvalue weighted by atomic mass is 10.1. The number of guanidine groups is 1. The maximum atomic E-state index is 4.43. The van der Waals surface area contributed by atoms with Crippen molar-refractivity contribution >= 4 is 5.96 Å². The summed E-state index contributed by atoms with van der Waals surface area (Å²) in [6.07, 6.45) is 5.78. The molecule has 0 saturated carbocycles. The zero-order chi connectivity index (χ0) is 15.3. The summed E-state index contributed by atoms with van der Waals surface area (Å²) in [5, 5.41) is 6.97. The number of hydrogen-bond acceptors (Lipinski definition) is 3. The van der Waals surface area contributed by atoms with Crippen LogP contribution in [0, 0.1) is 0 Å². The fourth-order valence-corrected chi connectivity index (χ4v) is 2.97. The molecule has 1 fully saturated rings. The number of rotatable bonds is 4. The molecule has 2 aliphatic heterocycles. The van der Waals surface area contributed by atoms with E-state index in [2.05, 4.69) is 58.3 Å². The third-order valence-electron chi connectivity index (χ3n) is 4.10. The minimum absolute atomic E-state index is 0.173. The fourth-order valence-electron chi connectivity index (χ4n) is 2.97. The molecule has 0 spiro atoms. The fraction of sp³-hybridized carbons (Fsp3) is 0.812. The predicted octanol–water partition coefficient (Wildman–Crippen LogP) is 0.896. The van der Waals surface area contributed by atoms with Crippen LogP contribution < -0.4 is 10.6 Å². The van der Waals surface area contributed by atoms with Crippen LogP contribution in [0.15, 0.2) is 17.1 Å². The Morgan fingerprint density at radius 1 is 1.24 bits per heavy atom. The highest BCUT2D eigenvalue weighted by molar-refractivity contribution is 5.80. The van der Waals surface area contributed by atoms with Gasteiger partial charge in [0.1, 0.15) is 0 Å². The summed E-state index contributed by atoms with van der Waals surface area (Å²) in [5.41, 5.74) is 0.173. The van der Waals surface area contributed by atoms with Crippen molar-refractivity contribution in [2.75, 3.05) is 46.3 Å². The molecular formula is C16H31N5. The number of likely N-dealkylation sites (tertiary alicyclic amines) is 1. The molecular weight excluding hydrogens is 262 g/mol. The minimum atomic E-state index is 0.173. The number of nitrogens with zero attached hydrogens (tertiary/aromatic N) is 3. The first-order chi connectivity index (χ1) is 9.99. The zero-order valence-electron chi connectivity index (χ0n) is 14.0. The number of aliphatic imine (C=N–C) groups is 1. The lowest BCUT2D eigenvalue weighted by Gasteiger charge is -2.26. The molecule has 0 aromatic heterocycles. The third kappa shape index (κ3) is 5.00. The Labute approximate surface area is 129 Å². The lowest BCUT2D eigenvalue weighted by Crippen LogP contribution is -2.46. The van der Waals surface area contributed by atoms with Gasteiger partial charge in [-0.1, -0.05) is 12.2 Å². The van der Waals surface area contributed by atoms with E-state index in [0.717, 1.165) is 45.2 Å². The maximum Gasteiger partial charge on any atom is 0.193 e. The van der Waals surface area contributed by atoms with Crippen LogP contribution in [0.3, 0.4) is 0 Å². The quantitative estimate of drug-likeness (QED) is 0.350. The molecule has 0 aliphatic carbocycles. The smallest absolute Gasteiger partial charge is 0.193 e. The molecule has 0 radical (unpaired) electrons. The van der Waals surface area contributed by atoms with Gasteiger partial charge in [-0.2, -0.15) is 0 Å². The van der Waals surface area contributed by atoms with Crippen LogP contribution >= 0.6 is 0 Å². The van der Waals surface area contributed by atoms with E-state index in [-0.39, 0.29) is 5.54 Å². The molecule has 2 rings (SSSR count). The Hall–Kier alpha value is -1.07. The highest BCUT2D eigenvalue weighted by Crippen LogP contribution is 2.17. The Kier molecular flexibility index (Phi) is 5.65. The van der Waals surface area contributed by atoms with Gasteiger partial charge in [-0.15, -0.1) is 0 Å². The molecule has 5 heteroatoms. The molecule has 1 saturated heterocycles. The van der Waals surface area contributed by atoms with E-state index >= 15 is 0 Å². The SMILES string of the molecule is CN=C(NCCNC(C)(C)C)N1CCC(N2CC=CC2)C1. The first-order valence-electron chi connectivity index (χ1n) is 8.09. The second kappa shape index (κ2) is 7.27. The summed E-state index contributed by atoms with van der Waals surface area (Å²) in [5.74, 6) is 1.04. The van der Waals surface area contributed by atoms with Crippen LogP contribution in [0.25, 0.3) is 0 Å². The van der Waals surface area contributed by atoms with Crippen molar-refractivity contribution in [1.29, 1.82) is 0 Å². The first kappa shape index (κ1) is 16.3. The van der Waals surface area contributed by atoms with Gasteiger partial charge >= 0.3 is 0 Å². The molecule has 2 heterocycles. The average Bonchev–Trinajstić information content (AvgIpc) is 3.08. The molecule has 1 unspecified atom stereocenters. The topological polar surface area (TPSA) is 42.9 Å². The van der Waals surface area contributed by atoms with E-state index in [9.17, 15) is 0 Å². The molecule has 0 aromatic carbocycles. The van der Waals surface area contributed by atoms with Gasteiger partial charge in [0.05, 0.1) is 0 Å². The third-order valence-corrected chi connectivity index (χ3v) is 4.10. The van der Waals surface area contributed by atoms with Gasteiger partial charge in [-0.25, -0.2) is 0 Å². The van der Waals surface area contributed by atoms with Gasteiger partial charge in [0, 0.05) is 57.9 Å². The second-order valence-electron chi connectivity index (χ2n) is 6.96. The van der Waals surface area contributed by atoms with Gasteiger partial charge in [0.2, 0.25) is 0 Å². The summed E-state index contributed by atoms with van der Waals surface area (Å²) in [6, 6.07) is 0.672. The van der Waals surface area contributed by atoms with E-state index in [1.165, 1.54) is 6.42 Å². The zero-order valence-corrected chi connectivity index (χ0v) is 14.0. The molecule has 2 N–H and O–H groups in total. The van der Waals surface area contributed by atoms with Crippen molar-refractivity contribution in [3.63, 3.8) is 0 Å². The molecule has 2 aliphatic rings. The van der Waals surface area contributed by atoms with Crippen molar-refractivity contribution in [1.82, 2.24) is 20.4 Å². The highest BCUT2D eigenvalue weighted by Gasteiger charge is 2.29. The monoisotopic (exact) mass is 293 g/mol. The average molecular weight is 293 g/mol. The molecule has 0 amide bonds. The number of hydrogen-bond donors (Lipinski definition) is 2. The Morgan fingerprint density at radius 2 is 1.95 bits per heavy atom. The van der Waals surface area contributed by atoms with E-state index in [0.29, 0.717) is 6.04 Å². The van der Waals surface area contributed by atoms with Gasteiger partial charge in [-0.05, 0) is 27.2 Å². The summed E-state index contributed by atoms with van der Waals surface area (Å²) in [6.45, 7) is 12.9. The molecule has 0 aromatic rings. The molecule has 21 heavy (non-hydrogen) atoms.